The average molecular weight is 220 g/mol. The van der Waals surface area contributed by atoms with Crippen molar-refractivity contribution < 1.29 is 4.39 Å². The molecule has 0 spiro atoms. The Balaban J connectivity index is 2.40. The van der Waals surface area contributed by atoms with E-state index in [-0.39, 0.29) is 5.82 Å². The molecule has 0 bridgehead atoms. The second-order valence-electron chi connectivity index (χ2n) is 3.51. The van der Waals surface area contributed by atoms with Gasteiger partial charge in [0.25, 0.3) is 0 Å². The van der Waals surface area contributed by atoms with E-state index in [1.54, 1.807) is 16.8 Å². The second kappa shape index (κ2) is 4.40. The molecule has 0 saturated carbocycles. The second-order valence-corrected chi connectivity index (χ2v) is 3.51. The normalized spacial score (nSPS) is 10.7. The van der Waals surface area contributed by atoms with Gasteiger partial charge in [0.15, 0.2) is 5.82 Å². The van der Waals surface area contributed by atoms with Crippen molar-refractivity contribution in [2.24, 2.45) is 5.73 Å². The van der Waals surface area contributed by atoms with Crippen molar-refractivity contribution in [2.75, 3.05) is 6.54 Å². The van der Waals surface area contributed by atoms with Crippen LogP contribution in [0.4, 0.5) is 4.39 Å². The number of nitrogens with zero attached hydrogens (tertiary/aromatic N) is 3. The molecule has 2 N–H and O–H groups in total. The molecular formula is C11H13FN4. The summed E-state index contributed by atoms with van der Waals surface area (Å²) in [5, 5.41) is 4.27. The fraction of sp³-hybridized carbons (Fsp3) is 0.273. The van der Waals surface area contributed by atoms with Crippen LogP contribution in [0.1, 0.15) is 11.6 Å². The molecule has 0 saturated heterocycles. The highest BCUT2D eigenvalue weighted by Gasteiger charge is 2.07. The molecule has 0 fully saturated rings. The molecule has 4 nitrogen and oxygen atoms in total. The Labute approximate surface area is 92.9 Å². The maximum absolute atomic E-state index is 13.1. The van der Waals surface area contributed by atoms with Crippen molar-refractivity contribution >= 4 is 0 Å². The molecule has 1 heterocycles. The molecule has 5 heteroatoms. The molecule has 0 amide bonds. The minimum atomic E-state index is -0.284. The Morgan fingerprint density at radius 2 is 2.25 bits per heavy atom. The van der Waals surface area contributed by atoms with Crippen LogP contribution >= 0.6 is 0 Å². The summed E-state index contributed by atoms with van der Waals surface area (Å²) in [4.78, 5) is 4.26. The molecule has 0 unspecified atom stereocenters. The maximum Gasteiger partial charge on any atom is 0.152 e. The summed E-state index contributed by atoms with van der Waals surface area (Å²) >= 11 is 0. The molecule has 2 rings (SSSR count). The molecule has 2 aromatic rings. The van der Waals surface area contributed by atoms with Crippen molar-refractivity contribution in [3.63, 3.8) is 0 Å². The van der Waals surface area contributed by atoms with Gasteiger partial charge >= 0.3 is 0 Å². The highest BCUT2D eigenvalue weighted by molar-refractivity contribution is 5.31. The van der Waals surface area contributed by atoms with Gasteiger partial charge < -0.3 is 5.73 Å². The van der Waals surface area contributed by atoms with E-state index in [2.05, 4.69) is 10.1 Å². The van der Waals surface area contributed by atoms with Crippen molar-refractivity contribution in [2.45, 2.75) is 13.3 Å². The van der Waals surface area contributed by atoms with E-state index in [1.807, 2.05) is 6.92 Å². The van der Waals surface area contributed by atoms with Crippen LogP contribution in [0.3, 0.4) is 0 Å². The first kappa shape index (κ1) is 10.8. The number of hydrogen-bond acceptors (Lipinski definition) is 3. The zero-order valence-corrected chi connectivity index (χ0v) is 9.02. The van der Waals surface area contributed by atoms with Gasteiger partial charge in [-0.3, -0.25) is 0 Å². The highest BCUT2D eigenvalue weighted by Crippen LogP contribution is 2.11. The topological polar surface area (TPSA) is 56.7 Å². The van der Waals surface area contributed by atoms with E-state index < -0.39 is 0 Å². The third kappa shape index (κ3) is 2.09. The van der Waals surface area contributed by atoms with Gasteiger partial charge in [0, 0.05) is 6.42 Å². The molecule has 0 aliphatic rings. The summed E-state index contributed by atoms with van der Waals surface area (Å²) < 4.78 is 14.7. The number of benzene rings is 1. The summed E-state index contributed by atoms with van der Waals surface area (Å²) in [6.45, 7) is 2.34. The number of nitrogens with two attached hydrogens (primary N) is 1. The molecule has 16 heavy (non-hydrogen) atoms. The lowest BCUT2D eigenvalue weighted by atomic mass is 10.3. The molecular weight excluding hydrogens is 207 g/mol. The maximum atomic E-state index is 13.1. The Kier molecular flexibility index (Phi) is 2.96. The van der Waals surface area contributed by atoms with E-state index in [4.69, 9.17) is 5.73 Å². The van der Waals surface area contributed by atoms with Crippen LogP contribution in [0.15, 0.2) is 24.3 Å². The van der Waals surface area contributed by atoms with E-state index in [0.717, 1.165) is 5.82 Å². The molecule has 84 valence electrons. The van der Waals surface area contributed by atoms with Crippen LogP contribution in [-0.2, 0) is 6.42 Å². The van der Waals surface area contributed by atoms with Crippen molar-refractivity contribution in [3.05, 3.63) is 41.7 Å². The van der Waals surface area contributed by atoms with Gasteiger partial charge in [-0.25, -0.2) is 14.1 Å². The highest BCUT2D eigenvalue weighted by atomic mass is 19.1. The fourth-order valence-corrected chi connectivity index (χ4v) is 1.53. The van der Waals surface area contributed by atoms with Crippen LogP contribution < -0.4 is 5.73 Å². The van der Waals surface area contributed by atoms with Gasteiger partial charge in [-0.2, -0.15) is 5.10 Å². The molecule has 0 radical (unpaired) electrons. The predicted molar refractivity (Wildman–Crippen MR) is 58.8 cm³/mol. The van der Waals surface area contributed by atoms with E-state index in [0.29, 0.717) is 24.5 Å². The van der Waals surface area contributed by atoms with Gasteiger partial charge in [0.2, 0.25) is 0 Å². The summed E-state index contributed by atoms with van der Waals surface area (Å²) in [6, 6.07) is 6.26. The third-order valence-corrected chi connectivity index (χ3v) is 2.23. The predicted octanol–water partition coefficient (Wildman–Crippen LogP) is 1.22. The average Bonchev–Trinajstić information content (AvgIpc) is 2.60. The zero-order chi connectivity index (χ0) is 11.5. The summed E-state index contributed by atoms with van der Waals surface area (Å²) in [5.74, 6) is 1.13. The lowest BCUT2D eigenvalue weighted by molar-refractivity contribution is 0.625. The summed E-state index contributed by atoms with van der Waals surface area (Å²) in [6.07, 6.45) is 0.628. The van der Waals surface area contributed by atoms with Gasteiger partial charge in [-0.15, -0.1) is 0 Å². The monoisotopic (exact) mass is 220 g/mol. The van der Waals surface area contributed by atoms with Crippen LogP contribution in [0, 0.1) is 12.7 Å². The van der Waals surface area contributed by atoms with Crippen LogP contribution in [-0.4, -0.2) is 21.3 Å². The molecule has 1 aromatic heterocycles. The minimum Gasteiger partial charge on any atom is -0.330 e. The number of halogens is 1. The first-order valence-electron chi connectivity index (χ1n) is 5.09. The van der Waals surface area contributed by atoms with Gasteiger partial charge in [0.1, 0.15) is 11.6 Å². The molecule has 0 atom stereocenters. The molecule has 0 aliphatic heterocycles. The Hall–Kier alpha value is -1.75. The van der Waals surface area contributed by atoms with Crippen molar-refractivity contribution in [1.82, 2.24) is 14.8 Å². The fourth-order valence-electron chi connectivity index (χ4n) is 1.53. The van der Waals surface area contributed by atoms with E-state index in [1.165, 1.54) is 12.1 Å². The number of aromatic nitrogens is 3. The van der Waals surface area contributed by atoms with Crippen molar-refractivity contribution in [3.8, 4) is 5.69 Å². The van der Waals surface area contributed by atoms with Crippen molar-refractivity contribution in [1.29, 1.82) is 0 Å². The van der Waals surface area contributed by atoms with E-state index >= 15 is 0 Å². The number of hydrogen-bond donors (Lipinski definition) is 1. The van der Waals surface area contributed by atoms with E-state index in [9.17, 15) is 4.39 Å². The van der Waals surface area contributed by atoms with Crippen LogP contribution in [0.2, 0.25) is 0 Å². The summed E-state index contributed by atoms with van der Waals surface area (Å²) in [5.41, 5.74) is 6.11. The van der Waals surface area contributed by atoms with Gasteiger partial charge in [-0.1, -0.05) is 6.07 Å². The molecule has 1 aromatic carbocycles. The first-order chi connectivity index (χ1) is 7.70. The first-order valence-corrected chi connectivity index (χ1v) is 5.09. The SMILES string of the molecule is Cc1nc(CCN)nn1-c1cccc(F)c1. The summed E-state index contributed by atoms with van der Waals surface area (Å²) in [7, 11) is 0. The molecule has 0 aliphatic carbocycles. The van der Waals surface area contributed by atoms with Gasteiger partial charge in [0.05, 0.1) is 5.69 Å². The Bertz CT molecular complexity index is 492. The third-order valence-electron chi connectivity index (χ3n) is 2.23. The number of rotatable bonds is 3. The van der Waals surface area contributed by atoms with Crippen LogP contribution in [0.25, 0.3) is 5.69 Å². The Morgan fingerprint density at radius 1 is 1.44 bits per heavy atom. The lowest BCUT2D eigenvalue weighted by Gasteiger charge is -2.01. The smallest absolute Gasteiger partial charge is 0.152 e. The quantitative estimate of drug-likeness (QED) is 0.846. The zero-order valence-electron chi connectivity index (χ0n) is 9.02. The lowest BCUT2D eigenvalue weighted by Crippen LogP contribution is -2.05. The standard InChI is InChI=1S/C11H13FN4/c1-8-14-11(5-6-13)15-16(8)10-4-2-3-9(12)7-10/h2-4,7H,5-6,13H2,1H3. The Morgan fingerprint density at radius 3 is 2.94 bits per heavy atom. The van der Waals surface area contributed by atoms with Crippen LogP contribution in [0.5, 0.6) is 0 Å². The minimum absolute atomic E-state index is 0.284. The number of aryl methyl sites for hydroxylation is 1. The largest absolute Gasteiger partial charge is 0.330 e. The van der Waals surface area contributed by atoms with Gasteiger partial charge in [-0.05, 0) is 31.7 Å².